The van der Waals surface area contributed by atoms with Crippen LogP contribution in [-0.4, -0.2) is 6.21 Å². The van der Waals surface area contributed by atoms with Crippen LogP contribution in [0.4, 0.5) is 0 Å². The molecule has 0 amide bonds. The highest BCUT2D eigenvalue weighted by atomic mass is 79.9. The third-order valence-electron chi connectivity index (χ3n) is 0.871. The number of halogens is 1. The third-order valence-corrected chi connectivity index (χ3v) is 1.53. The Morgan fingerprint density at radius 3 is 2.78 bits per heavy atom. The first-order valence-corrected chi connectivity index (χ1v) is 3.95. The first-order valence-electron chi connectivity index (χ1n) is 3.15. The number of hydrogen-bond donors (Lipinski definition) is 0. The van der Waals surface area contributed by atoms with Crippen molar-refractivity contribution in [3.05, 3.63) is 10.7 Å². The molecule has 0 radical (unpaired) electrons. The van der Waals surface area contributed by atoms with E-state index in [1.807, 2.05) is 19.2 Å². The van der Waals surface area contributed by atoms with Crippen LogP contribution in [0.5, 0.6) is 0 Å². The van der Waals surface area contributed by atoms with Gasteiger partial charge in [-0.2, -0.15) is 0 Å². The van der Waals surface area contributed by atoms with Crippen LogP contribution in [0, 0.1) is 0 Å². The van der Waals surface area contributed by atoms with Crippen LogP contribution in [0.3, 0.4) is 0 Å². The number of aliphatic imine (C=N–C) groups is 1. The van der Waals surface area contributed by atoms with Gasteiger partial charge in [-0.1, -0.05) is 19.4 Å². The minimum Gasteiger partial charge on any atom is -0.254 e. The van der Waals surface area contributed by atoms with E-state index in [2.05, 4.69) is 27.8 Å². The number of hydrogen-bond acceptors (Lipinski definition) is 1. The lowest BCUT2D eigenvalue weighted by molar-refractivity contribution is 1.01. The summed E-state index contributed by atoms with van der Waals surface area (Å²) in [4.78, 5) is 4.09. The van der Waals surface area contributed by atoms with Crippen molar-refractivity contribution in [3.8, 4) is 0 Å². The van der Waals surface area contributed by atoms with Gasteiger partial charge in [0, 0.05) is 6.21 Å². The molecule has 1 nitrogen and oxygen atoms in total. The minimum absolute atomic E-state index is 0.913. The molecule has 0 aliphatic rings. The van der Waals surface area contributed by atoms with E-state index in [1.165, 1.54) is 0 Å². The lowest BCUT2D eigenvalue weighted by Gasteiger charge is -1.84. The van der Waals surface area contributed by atoms with Gasteiger partial charge < -0.3 is 0 Å². The fourth-order valence-corrected chi connectivity index (χ4v) is 0.500. The van der Waals surface area contributed by atoms with Crippen LogP contribution in [0.1, 0.15) is 26.7 Å². The van der Waals surface area contributed by atoms with Gasteiger partial charge in [-0.15, -0.1) is 0 Å². The van der Waals surface area contributed by atoms with Crippen molar-refractivity contribution >= 4 is 22.1 Å². The highest BCUT2D eigenvalue weighted by Gasteiger charge is 1.78. The second kappa shape index (κ2) is 6.02. The van der Waals surface area contributed by atoms with Gasteiger partial charge in [-0.05, 0) is 29.3 Å². The molecule has 0 rings (SSSR count). The van der Waals surface area contributed by atoms with E-state index in [4.69, 9.17) is 0 Å². The maximum absolute atomic E-state index is 4.09. The van der Waals surface area contributed by atoms with Crippen LogP contribution >= 0.6 is 15.9 Å². The lowest BCUT2D eigenvalue weighted by Crippen LogP contribution is -1.71. The van der Waals surface area contributed by atoms with E-state index in [0.717, 1.165) is 17.4 Å². The molecule has 0 atom stereocenters. The fourth-order valence-electron chi connectivity index (χ4n) is 0.355. The van der Waals surface area contributed by atoms with E-state index in [1.54, 1.807) is 0 Å². The highest BCUT2D eigenvalue weighted by molar-refractivity contribution is 9.11. The fraction of sp³-hybridized carbons (Fsp3) is 0.571. The summed E-state index contributed by atoms with van der Waals surface area (Å²) in [5.41, 5.74) is 0. The molecule has 0 aromatic rings. The zero-order valence-corrected chi connectivity index (χ0v) is 7.48. The van der Waals surface area contributed by atoms with Crippen molar-refractivity contribution in [3.63, 3.8) is 0 Å². The summed E-state index contributed by atoms with van der Waals surface area (Å²) in [6, 6.07) is 0. The van der Waals surface area contributed by atoms with Gasteiger partial charge in [0.2, 0.25) is 0 Å². The van der Waals surface area contributed by atoms with E-state index < -0.39 is 0 Å². The van der Waals surface area contributed by atoms with Crippen LogP contribution in [0.2, 0.25) is 0 Å². The maximum atomic E-state index is 4.09. The molecule has 0 fully saturated rings. The van der Waals surface area contributed by atoms with Crippen LogP contribution < -0.4 is 0 Å². The number of unbranched alkanes of at least 4 members (excludes halogenated alkanes) is 1. The van der Waals surface area contributed by atoms with Crippen molar-refractivity contribution < 1.29 is 0 Å². The molecule has 0 aliphatic heterocycles. The van der Waals surface area contributed by atoms with Crippen molar-refractivity contribution in [2.75, 3.05) is 0 Å². The summed E-state index contributed by atoms with van der Waals surface area (Å²) in [5, 5.41) is 0. The Hall–Kier alpha value is -0.110. The van der Waals surface area contributed by atoms with Gasteiger partial charge in [0.15, 0.2) is 0 Å². The molecule has 9 heavy (non-hydrogen) atoms. The lowest BCUT2D eigenvalue weighted by atomic mass is 10.4. The van der Waals surface area contributed by atoms with E-state index in [0.29, 0.717) is 0 Å². The molecule has 52 valence electrons. The topological polar surface area (TPSA) is 12.4 Å². The van der Waals surface area contributed by atoms with Gasteiger partial charge in [-0.3, -0.25) is 4.99 Å². The van der Waals surface area contributed by atoms with Crippen LogP contribution in [-0.2, 0) is 0 Å². The van der Waals surface area contributed by atoms with Crippen molar-refractivity contribution in [2.24, 2.45) is 4.99 Å². The van der Waals surface area contributed by atoms with E-state index in [-0.39, 0.29) is 0 Å². The Labute approximate surface area is 65.0 Å². The summed E-state index contributed by atoms with van der Waals surface area (Å²) in [5.74, 6) is 0. The second-order valence-electron chi connectivity index (χ2n) is 1.71. The van der Waals surface area contributed by atoms with Crippen molar-refractivity contribution in [2.45, 2.75) is 26.7 Å². The first-order chi connectivity index (χ1) is 4.31. The molecular weight excluding hydrogens is 178 g/mol. The van der Waals surface area contributed by atoms with Crippen LogP contribution in [0.25, 0.3) is 0 Å². The molecular formula is C7H12BrN. The Balaban J connectivity index is 3.45. The molecule has 0 unspecified atom stereocenters. The Morgan fingerprint density at radius 1 is 1.67 bits per heavy atom. The van der Waals surface area contributed by atoms with Gasteiger partial charge >= 0.3 is 0 Å². The summed E-state index contributed by atoms with van der Waals surface area (Å²) in [7, 11) is 0. The predicted octanol–water partition coefficient (Wildman–Crippen LogP) is 3.11. The van der Waals surface area contributed by atoms with E-state index in [9.17, 15) is 0 Å². The number of allylic oxidation sites excluding steroid dienone is 1. The summed E-state index contributed by atoms with van der Waals surface area (Å²) >= 11 is 3.27. The molecule has 0 saturated heterocycles. The largest absolute Gasteiger partial charge is 0.254 e. The molecule has 0 saturated carbocycles. The third kappa shape index (κ3) is 5.77. The summed E-state index contributed by atoms with van der Waals surface area (Å²) in [6.07, 6.45) is 6.06. The number of nitrogens with zero attached hydrogens (tertiary/aromatic N) is 1. The maximum Gasteiger partial charge on any atom is 0.101 e. The minimum atomic E-state index is 0.913. The van der Waals surface area contributed by atoms with Gasteiger partial charge in [0.1, 0.15) is 4.61 Å². The van der Waals surface area contributed by atoms with Gasteiger partial charge in [-0.25, -0.2) is 0 Å². The predicted molar refractivity (Wildman–Crippen MR) is 46.1 cm³/mol. The average Bonchev–Trinajstić information content (AvgIpc) is 1.89. The number of rotatable bonds is 3. The monoisotopic (exact) mass is 189 g/mol. The Morgan fingerprint density at radius 2 is 2.33 bits per heavy atom. The standard InChI is InChI=1S/C7H12BrN/c1-3-5-6-9-7(8)4-2/h4,6H,3,5H2,1-2H3/b7-4-,9-6?. The Kier molecular flexibility index (Phi) is 5.94. The van der Waals surface area contributed by atoms with Gasteiger partial charge in [0.05, 0.1) is 0 Å². The molecule has 0 aromatic carbocycles. The quantitative estimate of drug-likeness (QED) is 0.479. The average molecular weight is 190 g/mol. The van der Waals surface area contributed by atoms with E-state index >= 15 is 0 Å². The van der Waals surface area contributed by atoms with Gasteiger partial charge in [0.25, 0.3) is 0 Å². The summed E-state index contributed by atoms with van der Waals surface area (Å²) < 4.78 is 0.913. The SMILES string of the molecule is C/C=C(/Br)N=CCCC. The molecule has 0 aliphatic carbocycles. The van der Waals surface area contributed by atoms with Crippen molar-refractivity contribution in [1.82, 2.24) is 0 Å². The molecule has 0 heterocycles. The second-order valence-corrected chi connectivity index (χ2v) is 2.52. The summed E-state index contributed by atoms with van der Waals surface area (Å²) in [6.45, 7) is 4.09. The molecule has 0 bridgehead atoms. The van der Waals surface area contributed by atoms with Crippen molar-refractivity contribution in [1.29, 1.82) is 0 Å². The Bertz CT molecular complexity index is 116. The smallest absolute Gasteiger partial charge is 0.101 e. The molecule has 2 heteroatoms. The molecule has 0 N–H and O–H groups in total. The zero-order chi connectivity index (χ0) is 7.11. The normalized spacial score (nSPS) is 13.0. The first kappa shape index (κ1) is 8.89. The highest BCUT2D eigenvalue weighted by Crippen LogP contribution is 2.04. The zero-order valence-electron chi connectivity index (χ0n) is 5.89. The van der Waals surface area contributed by atoms with Crippen LogP contribution in [0.15, 0.2) is 15.7 Å². The molecule has 0 spiro atoms. The molecule has 0 aromatic heterocycles.